The highest BCUT2D eigenvalue weighted by Gasteiger charge is 2.34. The van der Waals surface area contributed by atoms with Gasteiger partial charge in [0.25, 0.3) is 0 Å². The van der Waals surface area contributed by atoms with Crippen LogP contribution in [-0.4, -0.2) is 19.0 Å². The van der Waals surface area contributed by atoms with Gasteiger partial charge in [-0.05, 0) is 42.0 Å². The summed E-state index contributed by atoms with van der Waals surface area (Å²) in [7, 11) is 0. The van der Waals surface area contributed by atoms with Gasteiger partial charge in [0, 0.05) is 30.8 Å². The molecule has 2 N–H and O–H groups in total. The summed E-state index contributed by atoms with van der Waals surface area (Å²) in [6.45, 7) is 1.33. The van der Waals surface area contributed by atoms with Gasteiger partial charge in [0.1, 0.15) is 11.5 Å². The molecule has 4 nitrogen and oxygen atoms in total. The number of halogens is 3. The molecule has 0 bridgehead atoms. The van der Waals surface area contributed by atoms with Crippen molar-refractivity contribution < 1.29 is 22.7 Å². The van der Waals surface area contributed by atoms with E-state index in [0.717, 1.165) is 24.2 Å². The Morgan fingerprint density at radius 1 is 0.903 bits per heavy atom. The van der Waals surface area contributed by atoms with Crippen molar-refractivity contribution in [3.8, 4) is 11.5 Å². The molecule has 1 heterocycles. The Balaban J connectivity index is 1.43. The van der Waals surface area contributed by atoms with Crippen molar-refractivity contribution in [2.24, 2.45) is 5.92 Å². The first-order valence-corrected chi connectivity index (χ1v) is 9.92. The third-order valence-electron chi connectivity index (χ3n) is 5.30. The fraction of sp³-hybridized carbons (Fsp3) is 0.208. The summed E-state index contributed by atoms with van der Waals surface area (Å²) in [6, 6.07) is 21.2. The number of nitrogens with one attached hydrogen (secondary N) is 2. The molecule has 7 heteroatoms. The Bertz CT molecular complexity index is 1040. The fourth-order valence-electron chi connectivity index (χ4n) is 3.73. The summed E-state index contributed by atoms with van der Waals surface area (Å²) < 4.78 is 43.8. The number of alkyl halides is 3. The lowest BCUT2D eigenvalue weighted by atomic mass is 9.88. The average molecular weight is 426 g/mol. The van der Waals surface area contributed by atoms with Crippen LogP contribution in [0.4, 0.5) is 18.9 Å². The van der Waals surface area contributed by atoms with Gasteiger partial charge in [-0.2, -0.15) is 13.2 Å². The number of rotatable bonds is 5. The van der Waals surface area contributed by atoms with Gasteiger partial charge in [0.15, 0.2) is 0 Å². The first-order valence-electron chi connectivity index (χ1n) is 9.92. The van der Waals surface area contributed by atoms with Crippen molar-refractivity contribution in [3.05, 3.63) is 90.0 Å². The topological polar surface area (TPSA) is 50.4 Å². The molecule has 4 rings (SSSR count). The highest BCUT2D eigenvalue weighted by Crippen LogP contribution is 2.32. The van der Waals surface area contributed by atoms with E-state index in [-0.39, 0.29) is 23.5 Å². The van der Waals surface area contributed by atoms with Crippen LogP contribution in [0, 0.1) is 5.92 Å². The van der Waals surface area contributed by atoms with Crippen LogP contribution in [0.15, 0.2) is 78.9 Å². The maximum absolute atomic E-state index is 12.9. The van der Waals surface area contributed by atoms with Crippen LogP contribution < -0.4 is 15.4 Å². The normalized spacial score (nSPS) is 18.5. The predicted molar refractivity (Wildman–Crippen MR) is 112 cm³/mol. The molecule has 160 valence electrons. The number of hydrogen-bond acceptors (Lipinski definition) is 3. The molecule has 2 atom stereocenters. The second-order valence-corrected chi connectivity index (χ2v) is 7.42. The number of carbonyl (C=O) groups is 1. The van der Waals surface area contributed by atoms with E-state index in [0.29, 0.717) is 18.0 Å². The highest BCUT2D eigenvalue weighted by molar-refractivity contribution is 5.93. The first-order chi connectivity index (χ1) is 14.9. The van der Waals surface area contributed by atoms with Crippen LogP contribution in [-0.2, 0) is 11.0 Å². The van der Waals surface area contributed by atoms with E-state index < -0.39 is 11.7 Å². The molecule has 1 saturated heterocycles. The third-order valence-corrected chi connectivity index (χ3v) is 5.30. The van der Waals surface area contributed by atoms with Gasteiger partial charge in [-0.3, -0.25) is 4.79 Å². The quantitative estimate of drug-likeness (QED) is 0.571. The summed E-state index contributed by atoms with van der Waals surface area (Å²) in [5.41, 5.74) is 0.944. The van der Waals surface area contributed by atoms with Crippen LogP contribution in [0.25, 0.3) is 0 Å². The van der Waals surface area contributed by atoms with Crippen molar-refractivity contribution in [2.75, 3.05) is 18.4 Å². The Labute approximate surface area is 178 Å². The van der Waals surface area contributed by atoms with E-state index in [2.05, 4.69) is 10.6 Å². The maximum Gasteiger partial charge on any atom is 0.416 e. The second-order valence-electron chi connectivity index (χ2n) is 7.42. The van der Waals surface area contributed by atoms with Crippen LogP contribution >= 0.6 is 0 Å². The number of hydrogen-bond donors (Lipinski definition) is 2. The van der Waals surface area contributed by atoms with E-state index in [1.54, 1.807) is 24.3 Å². The largest absolute Gasteiger partial charge is 0.457 e. The standard InChI is InChI=1S/C24H21F3N2O2/c25-24(26,27)17-9-11-19(12-10-17)31-20-8-4-7-18(13-20)29-23(30)22-15-28-14-21(22)16-5-2-1-3-6-16/h1-13,21-22,28H,14-15H2,(H,29,30)/t21-,22+/m1/s1. The number of benzene rings is 3. The zero-order valence-electron chi connectivity index (χ0n) is 16.5. The molecule has 0 unspecified atom stereocenters. The van der Waals surface area contributed by atoms with Crippen LogP contribution in [0.3, 0.4) is 0 Å². The van der Waals surface area contributed by atoms with Gasteiger partial charge in [0.05, 0.1) is 11.5 Å². The lowest BCUT2D eigenvalue weighted by Gasteiger charge is -2.19. The minimum atomic E-state index is -4.39. The summed E-state index contributed by atoms with van der Waals surface area (Å²) in [5, 5.41) is 6.21. The highest BCUT2D eigenvalue weighted by atomic mass is 19.4. The Morgan fingerprint density at radius 2 is 1.65 bits per heavy atom. The van der Waals surface area contributed by atoms with Gasteiger partial charge < -0.3 is 15.4 Å². The molecule has 0 radical (unpaired) electrons. The predicted octanol–water partition coefficient (Wildman–Crippen LogP) is 5.44. The van der Waals surface area contributed by atoms with Crippen molar-refractivity contribution in [3.63, 3.8) is 0 Å². The van der Waals surface area contributed by atoms with Crippen LogP contribution in [0.1, 0.15) is 17.0 Å². The molecule has 0 saturated carbocycles. The van der Waals surface area contributed by atoms with Gasteiger partial charge in [0.2, 0.25) is 5.91 Å². The minimum Gasteiger partial charge on any atom is -0.457 e. The van der Waals surface area contributed by atoms with Crippen molar-refractivity contribution in [2.45, 2.75) is 12.1 Å². The summed E-state index contributed by atoms with van der Waals surface area (Å²) in [6.07, 6.45) is -4.39. The number of ether oxygens (including phenoxy) is 1. The molecule has 0 spiro atoms. The van der Waals surface area contributed by atoms with E-state index in [9.17, 15) is 18.0 Å². The third kappa shape index (κ3) is 5.06. The van der Waals surface area contributed by atoms with Crippen molar-refractivity contribution in [1.29, 1.82) is 0 Å². The molecule has 0 aliphatic carbocycles. The van der Waals surface area contributed by atoms with E-state index in [1.807, 2.05) is 30.3 Å². The van der Waals surface area contributed by atoms with Gasteiger partial charge in [-0.25, -0.2) is 0 Å². The maximum atomic E-state index is 12.9. The Hall–Kier alpha value is -3.32. The molecule has 3 aromatic rings. The number of carbonyl (C=O) groups excluding carboxylic acids is 1. The zero-order valence-corrected chi connectivity index (χ0v) is 16.5. The van der Waals surface area contributed by atoms with E-state index in [1.165, 1.54) is 12.1 Å². The van der Waals surface area contributed by atoms with Gasteiger partial charge in [-0.15, -0.1) is 0 Å². The van der Waals surface area contributed by atoms with Gasteiger partial charge in [-0.1, -0.05) is 36.4 Å². The average Bonchev–Trinajstić information content (AvgIpc) is 3.25. The smallest absolute Gasteiger partial charge is 0.416 e. The molecule has 3 aromatic carbocycles. The molecule has 1 amide bonds. The summed E-state index contributed by atoms with van der Waals surface area (Å²) >= 11 is 0. The van der Waals surface area contributed by atoms with E-state index >= 15 is 0 Å². The fourth-order valence-corrected chi connectivity index (χ4v) is 3.73. The van der Waals surface area contributed by atoms with Crippen LogP contribution in [0.5, 0.6) is 11.5 Å². The number of anilines is 1. The SMILES string of the molecule is O=C(Nc1cccc(Oc2ccc(C(F)(F)F)cc2)c1)[C@H]1CNC[C@@H]1c1ccccc1. The zero-order chi connectivity index (χ0) is 21.8. The Morgan fingerprint density at radius 3 is 2.35 bits per heavy atom. The lowest BCUT2D eigenvalue weighted by Crippen LogP contribution is -2.28. The van der Waals surface area contributed by atoms with Gasteiger partial charge >= 0.3 is 6.18 Å². The second kappa shape index (κ2) is 8.81. The summed E-state index contributed by atoms with van der Waals surface area (Å²) in [4.78, 5) is 12.9. The molecule has 1 fully saturated rings. The monoisotopic (exact) mass is 426 g/mol. The Kier molecular flexibility index (Phi) is 5.95. The number of amides is 1. The molecule has 0 aromatic heterocycles. The van der Waals surface area contributed by atoms with Crippen molar-refractivity contribution >= 4 is 11.6 Å². The van der Waals surface area contributed by atoms with E-state index in [4.69, 9.17) is 4.74 Å². The molecule has 1 aliphatic heterocycles. The van der Waals surface area contributed by atoms with Crippen LogP contribution in [0.2, 0.25) is 0 Å². The molecule has 31 heavy (non-hydrogen) atoms. The minimum absolute atomic E-state index is 0.0905. The summed E-state index contributed by atoms with van der Waals surface area (Å²) in [5.74, 6) is 0.488. The molecular formula is C24H21F3N2O2. The first kappa shape index (κ1) is 20.9. The van der Waals surface area contributed by atoms with Crippen molar-refractivity contribution in [1.82, 2.24) is 5.32 Å². The molecular weight excluding hydrogens is 405 g/mol. The lowest BCUT2D eigenvalue weighted by molar-refractivity contribution is -0.137. The molecule has 1 aliphatic rings.